The summed E-state index contributed by atoms with van der Waals surface area (Å²) in [6.07, 6.45) is 7.87. The Morgan fingerprint density at radius 3 is 2.69 bits per heavy atom. The zero-order chi connectivity index (χ0) is 11.2. The van der Waals surface area contributed by atoms with Crippen LogP contribution in [0.5, 0.6) is 0 Å². The van der Waals surface area contributed by atoms with Crippen LogP contribution in [-0.4, -0.2) is 4.98 Å². The quantitative estimate of drug-likeness (QED) is 0.652. The summed E-state index contributed by atoms with van der Waals surface area (Å²) >= 11 is 1.85. The van der Waals surface area contributed by atoms with E-state index in [0.717, 1.165) is 11.9 Å². The molecule has 2 heteroatoms. The molecule has 0 aliphatic carbocycles. The highest BCUT2D eigenvalue weighted by Gasteiger charge is 2.02. The highest BCUT2D eigenvalue weighted by molar-refractivity contribution is 7.18. The van der Waals surface area contributed by atoms with E-state index in [9.17, 15) is 0 Å². The Kier molecular flexibility index (Phi) is 4.34. The van der Waals surface area contributed by atoms with Crippen LogP contribution >= 0.6 is 11.3 Å². The fourth-order valence-corrected chi connectivity index (χ4v) is 2.92. The monoisotopic (exact) mass is 233 g/mol. The van der Waals surface area contributed by atoms with Crippen molar-refractivity contribution in [3.05, 3.63) is 29.3 Å². The summed E-state index contributed by atoms with van der Waals surface area (Å²) < 4.78 is 1.33. The lowest BCUT2D eigenvalue weighted by Gasteiger charge is -1.96. The number of rotatable bonds is 6. The molecule has 0 amide bonds. The molecule has 86 valence electrons. The number of hydrogen-bond donors (Lipinski definition) is 0. The van der Waals surface area contributed by atoms with Gasteiger partial charge in [-0.3, -0.25) is 0 Å². The Balaban J connectivity index is 1.85. The molecule has 0 fully saturated rings. The highest BCUT2D eigenvalue weighted by atomic mass is 32.1. The van der Waals surface area contributed by atoms with E-state index in [0.29, 0.717) is 0 Å². The molecule has 1 aromatic heterocycles. The van der Waals surface area contributed by atoms with E-state index in [1.165, 1.54) is 41.8 Å². The normalized spacial score (nSPS) is 11.1. The van der Waals surface area contributed by atoms with Gasteiger partial charge in [-0.1, -0.05) is 44.7 Å². The number of para-hydroxylation sites is 1. The standard InChI is InChI=1S/C14H19NS/c1-2-3-4-5-6-11-14-15-12-9-7-8-10-13(12)16-14/h7-10H,2-6,11H2,1H3. The smallest absolute Gasteiger partial charge is 0.0938 e. The second-order valence-corrected chi connectivity index (χ2v) is 5.35. The lowest BCUT2D eigenvalue weighted by atomic mass is 10.1. The zero-order valence-electron chi connectivity index (χ0n) is 9.91. The zero-order valence-corrected chi connectivity index (χ0v) is 10.7. The molecule has 1 nitrogen and oxygen atoms in total. The molecule has 0 saturated carbocycles. The predicted molar refractivity (Wildman–Crippen MR) is 72.1 cm³/mol. The van der Waals surface area contributed by atoms with E-state index in [1.54, 1.807) is 0 Å². The number of aromatic nitrogens is 1. The molecule has 0 aliphatic heterocycles. The Morgan fingerprint density at radius 1 is 1.06 bits per heavy atom. The number of hydrogen-bond acceptors (Lipinski definition) is 2. The van der Waals surface area contributed by atoms with Crippen molar-refractivity contribution < 1.29 is 0 Å². The Labute approximate surface area is 102 Å². The Bertz CT molecular complexity index is 400. The number of unbranched alkanes of at least 4 members (excludes halogenated alkanes) is 4. The molecule has 1 aromatic carbocycles. The molecule has 0 saturated heterocycles. The van der Waals surface area contributed by atoms with E-state index < -0.39 is 0 Å². The highest BCUT2D eigenvalue weighted by Crippen LogP contribution is 2.22. The van der Waals surface area contributed by atoms with Crippen LogP contribution < -0.4 is 0 Å². The molecule has 2 rings (SSSR count). The summed E-state index contributed by atoms with van der Waals surface area (Å²) in [6.45, 7) is 2.26. The van der Waals surface area contributed by atoms with Gasteiger partial charge < -0.3 is 0 Å². The number of fused-ring (bicyclic) bond motifs is 1. The molecule has 1 heterocycles. The SMILES string of the molecule is CCCCCCCc1nc2ccccc2s1. The van der Waals surface area contributed by atoms with Crippen molar-refractivity contribution in [1.82, 2.24) is 4.98 Å². The van der Waals surface area contributed by atoms with Gasteiger partial charge in [0.15, 0.2) is 0 Å². The molecule has 16 heavy (non-hydrogen) atoms. The van der Waals surface area contributed by atoms with Crippen LogP contribution in [0.15, 0.2) is 24.3 Å². The molecule has 2 aromatic rings. The fraction of sp³-hybridized carbons (Fsp3) is 0.500. The summed E-state index contributed by atoms with van der Waals surface area (Å²) in [5, 5.41) is 1.30. The number of nitrogens with zero attached hydrogens (tertiary/aromatic N) is 1. The second kappa shape index (κ2) is 6.00. The van der Waals surface area contributed by atoms with E-state index in [2.05, 4.69) is 36.2 Å². The maximum atomic E-state index is 4.65. The molecular weight excluding hydrogens is 214 g/mol. The third-order valence-electron chi connectivity index (χ3n) is 2.83. The molecule has 0 bridgehead atoms. The van der Waals surface area contributed by atoms with Gasteiger partial charge in [-0.25, -0.2) is 4.98 Å². The van der Waals surface area contributed by atoms with Crippen LogP contribution in [0.2, 0.25) is 0 Å². The average molecular weight is 233 g/mol. The van der Waals surface area contributed by atoms with Gasteiger partial charge in [0.25, 0.3) is 0 Å². The van der Waals surface area contributed by atoms with Gasteiger partial charge in [0.2, 0.25) is 0 Å². The summed E-state index contributed by atoms with van der Waals surface area (Å²) in [5.74, 6) is 0. The minimum atomic E-state index is 1.16. The second-order valence-electron chi connectivity index (χ2n) is 4.24. The third kappa shape index (κ3) is 3.05. The maximum Gasteiger partial charge on any atom is 0.0938 e. The van der Waals surface area contributed by atoms with Crippen molar-refractivity contribution in [2.75, 3.05) is 0 Å². The predicted octanol–water partition coefficient (Wildman–Crippen LogP) is 4.81. The molecule has 0 N–H and O–H groups in total. The van der Waals surface area contributed by atoms with Crippen molar-refractivity contribution in [2.45, 2.75) is 45.4 Å². The van der Waals surface area contributed by atoms with Crippen LogP contribution in [0.1, 0.15) is 44.0 Å². The van der Waals surface area contributed by atoms with Gasteiger partial charge in [-0.05, 0) is 25.0 Å². The van der Waals surface area contributed by atoms with Crippen molar-refractivity contribution in [1.29, 1.82) is 0 Å². The van der Waals surface area contributed by atoms with Crippen molar-refractivity contribution in [2.24, 2.45) is 0 Å². The first-order valence-corrected chi connectivity index (χ1v) is 7.06. The molecule has 0 atom stereocenters. The molecule has 0 spiro atoms. The van der Waals surface area contributed by atoms with E-state index in [-0.39, 0.29) is 0 Å². The van der Waals surface area contributed by atoms with Crippen LogP contribution in [0, 0.1) is 0 Å². The number of aryl methyl sites for hydroxylation is 1. The van der Waals surface area contributed by atoms with Crippen LogP contribution in [0.3, 0.4) is 0 Å². The summed E-state index contributed by atoms with van der Waals surface area (Å²) in [5.41, 5.74) is 1.16. The molecular formula is C14H19NS. The first-order chi connectivity index (χ1) is 7.90. The van der Waals surface area contributed by atoms with Gasteiger partial charge in [0, 0.05) is 0 Å². The van der Waals surface area contributed by atoms with E-state index in [4.69, 9.17) is 0 Å². The average Bonchev–Trinajstić information content (AvgIpc) is 2.71. The van der Waals surface area contributed by atoms with E-state index in [1.807, 2.05) is 11.3 Å². The minimum absolute atomic E-state index is 1.16. The van der Waals surface area contributed by atoms with Crippen molar-refractivity contribution >= 4 is 21.6 Å². The van der Waals surface area contributed by atoms with Crippen LogP contribution in [0.25, 0.3) is 10.2 Å². The topological polar surface area (TPSA) is 12.9 Å². The van der Waals surface area contributed by atoms with Gasteiger partial charge >= 0.3 is 0 Å². The number of thiazole rings is 1. The summed E-state index contributed by atoms with van der Waals surface area (Å²) in [4.78, 5) is 4.65. The van der Waals surface area contributed by atoms with Gasteiger partial charge in [-0.2, -0.15) is 0 Å². The van der Waals surface area contributed by atoms with Crippen LogP contribution in [-0.2, 0) is 6.42 Å². The lowest BCUT2D eigenvalue weighted by Crippen LogP contribution is -1.84. The maximum absolute atomic E-state index is 4.65. The Morgan fingerprint density at radius 2 is 1.88 bits per heavy atom. The molecule has 0 radical (unpaired) electrons. The lowest BCUT2D eigenvalue weighted by molar-refractivity contribution is 0.631. The van der Waals surface area contributed by atoms with Crippen molar-refractivity contribution in [3.8, 4) is 0 Å². The number of benzene rings is 1. The minimum Gasteiger partial charge on any atom is -0.241 e. The summed E-state index contributed by atoms with van der Waals surface area (Å²) in [6, 6.07) is 8.42. The first kappa shape index (κ1) is 11.6. The van der Waals surface area contributed by atoms with Gasteiger partial charge in [0.05, 0.1) is 15.2 Å². The summed E-state index contributed by atoms with van der Waals surface area (Å²) in [7, 11) is 0. The first-order valence-electron chi connectivity index (χ1n) is 6.24. The van der Waals surface area contributed by atoms with Crippen molar-refractivity contribution in [3.63, 3.8) is 0 Å². The van der Waals surface area contributed by atoms with Gasteiger partial charge in [-0.15, -0.1) is 11.3 Å². The largest absolute Gasteiger partial charge is 0.241 e. The third-order valence-corrected chi connectivity index (χ3v) is 3.93. The molecule has 0 aliphatic rings. The van der Waals surface area contributed by atoms with Gasteiger partial charge in [0.1, 0.15) is 0 Å². The Hall–Kier alpha value is -0.890. The van der Waals surface area contributed by atoms with Crippen LogP contribution in [0.4, 0.5) is 0 Å². The molecule has 0 unspecified atom stereocenters. The van der Waals surface area contributed by atoms with E-state index >= 15 is 0 Å². The fourth-order valence-electron chi connectivity index (χ4n) is 1.91.